The smallest absolute Gasteiger partial charge is 0.0659 e. The van der Waals surface area contributed by atoms with E-state index in [0.29, 0.717) is 6.04 Å². The van der Waals surface area contributed by atoms with Crippen LogP contribution in [0.4, 0.5) is 0 Å². The molecule has 3 rings (SSSR count). The summed E-state index contributed by atoms with van der Waals surface area (Å²) < 4.78 is 1.46. The molecule has 0 aromatic carbocycles. The average molecular weight is 389 g/mol. The van der Waals surface area contributed by atoms with Crippen molar-refractivity contribution in [3.63, 3.8) is 0 Å². The Labute approximate surface area is 134 Å². The molecule has 3 heteroatoms. The van der Waals surface area contributed by atoms with E-state index in [1.807, 2.05) is 11.3 Å². The van der Waals surface area contributed by atoms with Crippen LogP contribution in [0, 0.1) is 14.7 Å². The second kappa shape index (κ2) is 6.02. The molecule has 0 aliphatic heterocycles. The van der Waals surface area contributed by atoms with E-state index in [-0.39, 0.29) is 0 Å². The summed E-state index contributed by atoms with van der Waals surface area (Å²) in [6, 6.07) is 3.80. The number of thiophene rings is 1. The molecule has 1 fully saturated rings. The minimum atomic E-state index is 0.631. The molecule has 2 aliphatic carbocycles. The lowest BCUT2D eigenvalue weighted by Crippen LogP contribution is -2.39. The molecule has 1 aromatic rings. The lowest BCUT2D eigenvalue weighted by atomic mass is 9.79. The van der Waals surface area contributed by atoms with Gasteiger partial charge in [0.25, 0.3) is 0 Å². The third kappa shape index (κ3) is 3.35. The zero-order valence-electron chi connectivity index (χ0n) is 11.9. The Balaban J connectivity index is 1.70. The first kappa shape index (κ1) is 14.3. The van der Waals surface area contributed by atoms with Crippen molar-refractivity contribution in [1.29, 1.82) is 0 Å². The van der Waals surface area contributed by atoms with E-state index in [9.17, 15) is 0 Å². The van der Waals surface area contributed by atoms with Gasteiger partial charge in [-0.15, -0.1) is 11.3 Å². The molecule has 1 nitrogen and oxygen atoms in total. The van der Waals surface area contributed by atoms with Crippen LogP contribution >= 0.6 is 33.9 Å². The van der Waals surface area contributed by atoms with Gasteiger partial charge in [0, 0.05) is 17.0 Å². The van der Waals surface area contributed by atoms with E-state index in [1.54, 1.807) is 10.4 Å². The summed E-state index contributed by atoms with van der Waals surface area (Å²) in [5, 5.41) is 3.99. The molecule has 2 aliphatic rings. The van der Waals surface area contributed by atoms with Gasteiger partial charge < -0.3 is 5.32 Å². The van der Waals surface area contributed by atoms with Gasteiger partial charge in [0.05, 0.1) is 2.88 Å². The van der Waals surface area contributed by atoms with E-state index in [1.165, 1.54) is 41.4 Å². The first-order valence-corrected chi connectivity index (χ1v) is 9.55. The number of nitrogens with one attached hydrogen (secondary N) is 1. The molecule has 1 saturated carbocycles. The largest absolute Gasteiger partial charge is 0.307 e. The van der Waals surface area contributed by atoms with Gasteiger partial charge in [0.1, 0.15) is 0 Å². The van der Waals surface area contributed by atoms with Gasteiger partial charge >= 0.3 is 0 Å². The highest BCUT2D eigenvalue weighted by Crippen LogP contribution is 2.38. The molecule has 0 amide bonds. The number of halogens is 1. The molecule has 3 unspecified atom stereocenters. The average Bonchev–Trinajstić information content (AvgIpc) is 2.69. The summed E-state index contributed by atoms with van der Waals surface area (Å²) in [7, 11) is 0. The number of aryl methyl sites for hydroxylation is 1. The summed E-state index contributed by atoms with van der Waals surface area (Å²) >= 11 is 4.48. The minimum Gasteiger partial charge on any atom is -0.307 e. The van der Waals surface area contributed by atoms with Gasteiger partial charge in [-0.1, -0.05) is 13.8 Å². The molecule has 3 atom stereocenters. The second-order valence-corrected chi connectivity index (χ2v) is 9.69. The lowest BCUT2D eigenvalue weighted by Gasteiger charge is -2.36. The summed E-state index contributed by atoms with van der Waals surface area (Å²) in [5.74, 6) is 1.79. The van der Waals surface area contributed by atoms with Gasteiger partial charge in [-0.3, -0.25) is 0 Å². The van der Waals surface area contributed by atoms with Crippen LogP contribution in [0.5, 0.6) is 0 Å². The standard InChI is InChI=1S/C16H24INS/c1-10-6-11(2)8-12(7-10)18-14-4-3-5-15-13(14)9-16(17)19-15/h9-12,14,18H,3-8H2,1-2H3. The SMILES string of the molecule is CC1CC(C)CC(NC2CCCc3sc(I)cc32)C1. The van der Waals surface area contributed by atoms with Crippen molar-refractivity contribution in [2.24, 2.45) is 11.8 Å². The Morgan fingerprint density at radius 3 is 2.68 bits per heavy atom. The molecule has 0 spiro atoms. The third-order valence-corrected chi connectivity index (χ3v) is 6.67. The van der Waals surface area contributed by atoms with Gasteiger partial charge in [-0.05, 0) is 84.6 Å². The molecule has 106 valence electrons. The Morgan fingerprint density at radius 2 is 1.95 bits per heavy atom. The van der Waals surface area contributed by atoms with Crippen molar-refractivity contribution in [3.05, 3.63) is 19.4 Å². The quantitative estimate of drug-likeness (QED) is 0.691. The second-order valence-electron chi connectivity index (χ2n) is 6.65. The first-order chi connectivity index (χ1) is 9.11. The highest BCUT2D eigenvalue weighted by Gasteiger charge is 2.28. The molecule has 1 N–H and O–H groups in total. The van der Waals surface area contributed by atoms with Crippen LogP contribution < -0.4 is 5.32 Å². The maximum atomic E-state index is 3.99. The molecule has 0 saturated heterocycles. The summed E-state index contributed by atoms with van der Waals surface area (Å²) in [6.45, 7) is 4.84. The zero-order chi connectivity index (χ0) is 13.4. The van der Waals surface area contributed by atoms with Crippen molar-refractivity contribution in [2.75, 3.05) is 0 Å². The van der Waals surface area contributed by atoms with Gasteiger partial charge in [-0.2, -0.15) is 0 Å². The zero-order valence-corrected chi connectivity index (χ0v) is 14.9. The normalized spacial score (nSPS) is 35.1. The van der Waals surface area contributed by atoms with Gasteiger partial charge in [0.15, 0.2) is 0 Å². The van der Waals surface area contributed by atoms with Crippen molar-refractivity contribution < 1.29 is 0 Å². The molecule has 1 aromatic heterocycles. The predicted octanol–water partition coefficient (Wildman–Crippen LogP) is 5.14. The molecule has 0 bridgehead atoms. The Bertz CT molecular complexity index is 432. The maximum Gasteiger partial charge on any atom is 0.0659 e. The maximum absolute atomic E-state index is 3.99. The fraction of sp³-hybridized carbons (Fsp3) is 0.750. The summed E-state index contributed by atoms with van der Waals surface area (Å²) in [5.41, 5.74) is 1.62. The van der Waals surface area contributed by atoms with Gasteiger partial charge in [0.2, 0.25) is 0 Å². The Kier molecular flexibility index (Phi) is 4.54. The predicted molar refractivity (Wildman–Crippen MR) is 91.8 cm³/mol. The van der Waals surface area contributed by atoms with E-state index in [0.717, 1.165) is 17.9 Å². The molecule has 19 heavy (non-hydrogen) atoms. The fourth-order valence-corrected chi connectivity index (χ4v) is 6.18. The van der Waals surface area contributed by atoms with Crippen LogP contribution in [-0.2, 0) is 6.42 Å². The van der Waals surface area contributed by atoms with Crippen molar-refractivity contribution in [3.8, 4) is 0 Å². The number of rotatable bonds is 2. The summed E-state index contributed by atoms with van der Waals surface area (Å²) in [6.07, 6.45) is 8.16. The number of hydrogen-bond donors (Lipinski definition) is 1. The molecular formula is C16H24INS. The minimum absolute atomic E-state index is 0.631. The van der Waals surface area contributed by atoms with Crippen molar-refractivity contribution >= 4 is 33.9 Å². The van der Waals surface area contributed by atoms with Gasteiger partial charge in [-0.25, -0.2) is 0 Å². The van der Waals surface area contributed by atoms with Crippen LogP contribution in [0.2, 0.25) is 0 Å². The van der Waals surface area contributed by atoms with Crippen molar-refractivity contribution in [2.45, 2.75) is 64.5 Å². The fourth-order valence-electron chi connectivity index (χ4n) is 4.06. The van der Waals surface area contributed by atoms with Crippen LogP contribution in [0.15, 0.2) is 6.07 Å². The first-order valence-electron chi connectivity index (χ1n) is 7.66. The van der Waals surface area contributed by atoms with Crippen molar-refractivity contribution in [1.82, 2.24) is 5.32 Å². The van der Waals surface area contributed by atoms with E-state index in [2.05, 4.69) is 47.8 Å². The topological polar surface area (TPSA) is 12.0 Å². The highest BCUT2D eigenvalue weighted by molar-refractivity contribution is 14.1. The molecule has 1 heterocycles. The van der Waals surface area contributed by atoms with Crippen LogP contribution in [0.3, 0.4) is 0 Å². The van der Waals surface area contributed by atoms with Crippen LogP contribution in [-0.4, -0.2) is 6.04 Å². The highest BCUT2D eigenvalue weighted by atomic mass is 127. The monoisotopic (exact) mass is 389 g/mol. The lowest BCUT2D eigenvalue weighted by molar-refractivity contribution is 0.220. The molecular weight excluding hydrogens is 365 g/mol. The number of fused-ring (bicyclic) bond motifs is 1. The van der Waals surface area contributed by atoms with E-state index < -0.39 is 0 Å². The van der Waals surface area contributed by atoms with Crippen LogP contribution in [0.25, 0.3) is 0 Å². The molecule has 0 radical (unpaired) electrons. The Hall–Kier alpha value is 0.390. The van der Waals surface area contributed by atoms with E-state index in [4.69, 9.17) is 0 Å². The Morgan fingerprint density at radius 1 is 1.21 bits per heavy atom. The number of hydrogen-bond acceptors (Lipinski definition) is 2. The van der Waals surface area contributed by atoms with Crippen LogP contribution in [0.1, 0.15) is 62.4 Å². The van der Waals surface area contributed by atoms with E-state index >= 15 is 0 Å². The third-order valence-electron chi connectivity index (χ3n) is 4.70. The summed E-state index contributed by atoms with van der Waals surface area (Å²) in [4.78, 5) is 1.64.